The van der Waals surface area contributed by atoms with Gasteiger partial charge in [0, 0.05) is 23.1 Å². The van der Waals surface area contributed by atoms with Crippen LogP contribution in [-0.2, 0) is 4.79 Å². The maximum absolute atomic E-state index is 12.8. The van der Waals surface area contributed by atoms with Crippen LogP contribution in [0.25, 0.3) is 6.08 Å². The summed E-state index contributed by atoms with van der Waals surface area (Å²) in [6, 6.07) is 19.3. The van der Waals surface area contributed by atoms with Crippen LogP contribution in [-0.4, -0.2) is 15.2 Å². The fraction of sp³-hybridized carbons (Fsp3) is 0. The van der Waals surface area contributed by atoms with Gasteiger partial charge in [-0.1, -0.05) is 60.0 Å². The van der Waals surface area contributed by atoms with E-state index in [2.05, 4.69) is 0 Å². The van der Waals surface area contributed by atoms with E-state index in [-0.39, 0.29) is 11.6 Å². The first-order valence-electron chi connectivity index (χ1n) is 8.36. The molecule has 4 rings (SSSR count). The van der Waals surface area contributed by atoms with Crippen LogP contribution in [0, 0.1) is 10.1 Å². The van der Waals surface area contributed by atoms with Crippen molar-refractivity contribution in [2.24, 2.45) is 0 Å². The number of carbonyl (C=O) groups is 1. The van der Waals surface area contributed by atoms with Gasteiger partial charge in [-0.25, -0.2) is 0 Å². The smallest absolute Gasteiger partial charge is 0.271 e. The van der Waals surface area contributed by atoms with Crippen molar-refractivity contribution in [1.29, 1.82) is 0 Å². The molecule has 0 atom stereocenters. The second kappa shape index (κ2) is 8.24. The van der Waals surface area contributed by atoms with Gasteiger partial charge in [0.25, 0.3) is 11.6 Å². The number of furan rings is 1. The highest BCUT2D eigenvalue weighted by Gasteiger charge is 2.34. The lowest BCUT2D eigenvalue weighted by Crippen LogP contribution is -2.27. The maximum atomic E-state index is 12.8. The molecule has 0 bridgehead atoms. The Morgan fingerprint density at radius 3 is 2.66 bits per heavy atom. The van der Waals surface area contributed by atoms with Crippen LogP contribution in [0.4, 0.5) is 11.4 Å². The third kappa shape index (κ3) is 4.26. The van der Waals surface area contributed by atoms with E-state index >= 15 is 0 Å². The second-order valence-corrected chi connectivity index (χ2v) is 8.62. The fourth-order valence-corrected chi connectivity index (χ4v) is 4.72. The molecule has 0 unspecified atom stereocenters. The van der Waals surface area contributed by atoms with Crippen molar-refractivity contribution in [2.75, 3.05) is 4.90 Å². The number of benzene rings is 2. The Labute approximate surface area is 179 Å². The predicted molar refractivity (Wildman–Crippen MR) is 118 cm³/mol. The van der Waals surface area contributed by atoms with Gasteiger partial charge >= 0.3 is 0 Å². The molecule has 1 aromatic heterocycles. The van der Waals surface area contributed by atoms with E-state index in [4.69, 9.17) is 16.6 Å². The molecular formula is C20H12N2O4S3. The lowest BCUT2D eigenvalue weighted by atomic mass is 10.2. The van der Waals surface area contributed by atoms with Crippen LogP contribution in [0.3, 0.4) is 0 Å². The van der Waals surface area contributed by atoms with Gasteiger partial charge in [0.15, 0.2) is 9.41 Å². The number of amides is 1. The Morgan fingerprint density at radius 1 is 1.10 bits per heavy atom. The molecule has 9 heteroatoms. The minimum Gasteiger partial charge on any atom is -0.450 e. The number of hydrogen-bond donors (Lipinski definition) is 0. The molecule has 2 heterocycles. The van der Waals surface area contributed by atoms with Crippen molar-refractivity contribution in [3.63, 3.8) is 0 Å². The lowest BCUT2D eigenvalue weighted by molar-refractivity contribution is -0.384. The van der Waals surface area contributed by atoms with Crippen molar-refractivity contribution >= 4 is 63.4 Å². The Balaban J connectivity index is 1.55. The number of nitro benzene ring substituents is 1. The van der Waals surface area contributed by atoms with Crippen LogP contribution in [0.5, 0.6) is 0 Å². The molecule has 144 valence electrons. The quantitative estimate of drug-likeness (QED) is 0.216. The summed E-state index contributed by atoms with van der Waals surface area (Å²) in [6.45, 7) is 0. The van der Waals surface area contributed by atoms with Crippen LogP contribution >= 0.6 is 35.7 Å². The van der Waals surface area contributed by atoms with Crippen LogP contribution in [0.1, 0.15) is 5.76 Å². The molecule has 1 amide bonds. The van der Waals surface area contributed by atoms with Crippen LogP contribution < -0.4 is 4.90 Å². The normalized spacial score (nSPS) is 15.3. The molecule has 2 aromatic carbocycles. The van der Waals surface area contributed by atoms with Gasteiger partial charge in [-0.05, 0) is 30.3 Å². The highest BCUT2D eigenvalue weighted by atomic mass is 32.2. The Morgan fingerprint density at radius 2 is 1.90 bits per heavy atom. The largest absolute Gasteiger partial charge is 0.450 e. The summed E-state index contributed by atoms with van der Waals surface area (Å²) in [6.07, 6.45) is 1.63. The number of nitrogens with zero attached hydrogens (tertiary/aromatic N) is 2. The van der Waals surface area contributed by atoms with E-state index in [1.54, 1.807) is 18.2 Å². The summed E-state index contributed by atoms with van der Waals surface area (Å²) in [5.74, 6) is 0.192. The van der Waals surface area contributed by atoms with Gasteiger partial charge in [-0.15, -0.1) is 0 Å². The average molecular weight is 441 g/mol. The van der Waals surface area contributed by atoms with Gasteiger partial charge in [0.2, 0.25) is 0 Å². The summed E-state index contributed by atoms with van der Waals surface area (Å²) in [7, 11) is 0. The van der Waals surface area contributed by atoms with Crippen molar-refractivity contribution in [3.8, 4) is 0 Å². The fourth-order valence-electron chi connectivity index (χ4n) is 2.64. The van der Waals surface area contributed by atoms with Gasteiger partial charge in [-0.3, -0.25) is 19.8 Å². The Kier molecular flexibility index (Phi) is 5.52. The number of nitro groups is 1. The lowest BCUT2D eigenvalue weighted by Gasteiger charge is -2.13. The van der Waals surface area contributed by atoms with E-state index < -0.39 is 4.92 Å². The minimum absolute atomic E-state index is 0.103. The number of hydrogen-bond acceptors (Lipinski definition) is 7. The highest BCUT2D eigenvalue weighted by molar-refractivity contribution is 8.27. The second-order valence-electron chi connectivity index (χ2n) is 5.87. The van der Waals surface area contributed by atoms with Crippen LogP contribution in [0.15, 0.2) is 86.0 Å². The summed E-state index contributed by atoms with van der Waals surface area (Å²) in [5.41, 5.74) is 0.263. The maximum Gasteiger partial charge on any atom is 0.271 e. The number of rotatable bonds is 5. The van der Waals surface area contributed by atoms with Crippen molar-refractivity contribution in [2.45, 2.75) is 9.99 Å². The third-order valence-corrected chi connectivity index (χ3v) is 6.16. The van der Waals surface area contributed by atoms with Gasteiger partial charge < -0.3 is 4.42 Å². The van der Waals surface area contributed by atoms with E-state index in [1.807, 2.05) is 36.4 Å². The number of non-ortho nitro benzene ring substituents is 1. The van der Waals surface area contributed by atoms with Crippen molar-refractivity contribution < 1.29 is 14.1 Å². The molecule has 0 spiro atoms. The monoisotopic (exact) mass is 440 g/mol. The molecule has 1 aliphatic rings. The number of anilines is 1. The third-order valence-electron chi connectivity index (χ3n) is 3.93. The van der Waals surface area contributed by atoms with Gasteiger partial charge in [0.1, 0.15) is 5.76 Å². The first-order chi connectivity index (χ1) is 14.0. The predicted octanol–water partition coefficient (Wildman–Crippen LogP) is 5.74. The molecule has 6 nitrogen and oxygen atoms in total. The van der Waals surface area contributed by atoms with E-state index in [1.165, 1.54) is 34.9 Å². The summed E-state index contributed by atoms with van der Waals surface area (Å²) in [4.78, 5) is 26.1. The molecular weight excluding hydrogens is 428 g/mol. The minimum atomic E-state index is -0.508. The Hall–Kier alpha value is -2.88. The highest BCUT2D eigenvalue weighted by Crippen LogP contribution is 2.38. The summed E-state index contributed by atoms with van der Waals surface area (Å²) >= 11 is 7.93. The zero-order valence-electron chi connectivity index (χ0n) is 14.7. The van der Waals surface area contributed by atoms with Gasteiger partial charge in [-0.2, -0.15) is 0 Å². The number of thiocarbonyl (C=S) groups is 1. The van der Waals surface area contributed by atoms with E-state index in [0.29, 0.717) is 25.8 Å². The van der Waals surface area contributed by atoms with Crippen LogP contribution in [0.2, 0.25) is 0 Å². The molecule has 0 radical (unpaired) electrons. The molecule has 1 aliphatic heterocycles. The van der Waals surface area contributed by atoms with E-state index in [0.717, 1.165) is 16.7 Å². The van der Waals surface area contributed by atoms with Gasteiger partial charge in [0.05, 0.1) is 15.5 Å². The zero-order valence-corrected chi connectivity index (χ0v) is 17.1. The SMILES string of the molecule is O=C1/C(=C\c2ccc(Sc3ccccc3)o2)SC(=S)N1c1cccc([N+](=O)[O-])c1. The standard InChI is InChI=1S/C20H12N2O4S3/c23-19-17(12-15-9-10-18(26-15)28-16-7-2-1-3-8-16)29-20(27)21(19)13-5-4-6-14(11-13)22(24)25/h1-12H/b17-12+. The molecule has 0 saturated carbocycles. The molecule has 3 aromatic rings. The first kappa shape index (κ1) is 19.4. The summed E-state index contributed by atoms with van der Waals surface area (Å²) in [5, 5.41) is 11.7. The average Bonchev–Trinajstić information content (AvgIpc) is 3.26. The topological polar surface area (TPSA) is 76.6 Å². The zero-order chi connectivity index (χ0) is 20.4. The molecule has 1 fully saturated rings. The molecule has 1 saturated heterocycles. The first-order valence-corrected chi connectivity index (χ1v) is 10.4. The molecule has 29 heavy (non-hydrogen) atoms. The van der Waals surface area contributed by atoms with Crippen molar-refractivity contribution in [1.82, 2.24) is 0 Å². The molecule has 0 N–H and O–H groups in total. The summed E-state index contributed by atoms with van der Waals surface area (Å²) < 4.78 is 6.11. The molecule has 0 aliphatic carbocycles. The number of carbonyl (C=O) groups excluding carboxylic acids is 1. The number of thioether (sulfide) groups is 1. The van der Waals surface area contributed by atoms with Crippen molar-refractivity contribution in [3.05, 3.63) is 87.5 Å². The Bertz CT molecular complexity index is 1140. The van der Waals surface area contributed by atoms with E-state index in [9.17, 15) is 14.9 Å².